The molecule has 0 aliphatic rings. The zero-order valence-electron chi connectivity index (χ0n) is 10.4. The Balaban J connectivity index is 2.67. The van der Waals surface area contributed by atoms with E-state index in [1.54, 1.807) is 0 Å². The zero-order chi connectivity index (χ0) is 13.1. The SMILES string of the molecule is CC(c1cccc(Cl)c1)N(C)CCS(C)(=O)=O. The van der Waals surface area contributed by atoms with Gasteiger partial charge in [-0.2, -0.15) is 0 Å². The molecule has 1 aromatic carbocycles. The molecule has 5 heteroatoms. The average molecular weight is 276 g/mol. The Hall–Kier alpha value is -0.580. The molecule has 1 atom stereocenters. The van der Waals surface area contributed by atoms with Crippen LogP contribution in [0.3, 0.4) is 0 Å². The van der Waals surface area contributed by atoms with Gasteiger partial charge in [0.15, 0.2) is 0 Å². The monoisotopic (exact) mass is 275 g/mol. The predicted octanol–water partition coefficient (Wildman–Crippen LogP) is 2.38. The lowest BCUT2D eigenvalue weighted by Gasteiger charge is -2.24. The van der Waals surface area contributed by atoms with Gasteiger partial charge in [0.05, 0.1) is 5.75 Å². The third kappa shape index (κ3) is 5.06. The highest BCUT2D eigenvalue weighted by Gasteiger charge is 2.13. The molecule has 0 saturated heterocycles. The van der Waals surface area contributed by atoms with Gasteiger partial charge in [-0.25, -0.2) is 8.42 Å². The van der Waals surface area contributed by atoms with Crippen molar-refractivity contribution in [1.29, 1.82) is 0 Å². The lowest BCUT2D eigenvalue weighted by atomic mass is 10.1. The molecule has 0 radical (unpaired) electrons. The third-order valence-corrected chi connectivity index (χ3v) is 3.97. The summed E-state index contributed by atoms with van der Waals surface area (Å²) in [5.74, 6) is 0.175. The average Bonchev–Trinajstić information content (AvgIpc) is 2.24. The summed E-state index contributed by atoms with van der Waals surface area (Å²) < 4.78 is 22.2. The molecular weight excluding hydrogens is 258 g/mol. The van der Waals surface area contributed by atoms with Gasteiger partial charge >= 0.3 is 0 Å². The normalized spacial score (nSPS) is 13.9. The van der Waals surface area contributed by atoms with Crippen molar-refractivity contribution in [1.82, 2.24) is 4.90 Å². The number of hydrogen-bond acceptors (Lipinski definition) is 3. The van der Waals surface area contributed by atoms with Crippen LogP contribution in [0.1, 0.15) is 18.5 Å². The minimum absolute atomic E-state index is 0.149. The van der Waals surface area contributed by atoms with Gasteiger partial charge in [-0.3, -0.25) is 4.90 Å². The Morgan fingerprint density at radius 1 is 1.41 bits per heavy atom. The highest BCUT2D eigenvalue weighted by molar-refractivity contribution is 7.90. The molecule has 3 nitrogen and oxygen atoms in total. The van der Waals surface area contributed by atoms with Crippen LogP contribution >= 0.6 is 11.6 Å². The summed E-state index contributed by atoms with van der Waals surface area (Å²) >= 11 is 5.93. The van der Waals surface area contributed by atoms with Crippen LogP contribution in [0.15, 0.2) is 24.3 Å². The maximum Gasteiger partial charge on any atom is 0.148 e. The van der Waals surface area contributed by atoms with Crippen LogP contribution in [0.25, 0.3) is 0 Å². The van der Waals surface area contributed by atoms with E-state index in [0.29, 0.717) is 11.6 Å². The Labute approximate surface area is 108 Å². The Morgan fingerprint density at radius 2 is 2.06 bits per heavy atom. The molecule has 0 aromatic heterocycles. The Bertz CT molecular complexity index is 473. The fraction of sp³-hybridized carbons (Fsp3) is 0.500. The van der Waals surface area contributed by atoms with Crippen molar-refractivity contribution in [3.05, 3.63) is 34.9 Å². The van der Waals surface area contributed by atoms with E-state index in [4.69, 9.17) is 11.6 Å². The molecule has 17 heavy (non-hydrogen) atoms. The molecule has 0 heterocycles. The summed E-state index contributed by atoms with van der Waals surface area (Å²) in [5, 5.41) is 0.700. The molecular formula is C12H18ClNO2S. The van der Waals surface area contributed by atoms with E-state index in [1.807, 2.05) is 43.1 Å². The summed E-state index contributed by atoms with van der Waals surface area (Å²) in [5.41, 5.74) is 1.09. The van der Waals surface area contributed by atoms with Crippen LogP contribution in [0.4, 0.5) is 0 Å². The minimum Gasteiger partial charge on any atom is -0.299 e. The lowest BCUT2D eigenvalue weighted by molar-refractivity contribution is 0.277. The van der Waals surface area contributed by atoms with E-state index in [9.17, 15) is 8.42 Å². The summed E-state index contributed by atoms with van der Waals surface area (Å²) in [6.45, 7) is 2.56. The summed E-state index contributed by atoms with van der Waals surface area (Å²) in [6.07, 6.45) is 1.25. The quantitative estimate of drug-likeness (QED) is 0.828. The molecule has 96 valence electrons. The van der Waals surface area contributed by atoms with Gasteiger partial charge in [-0.15, -0.1) is 0 Å². The van der Waals surface area contributed by atoms with Crippen LogP contribution in [-0.2, 0) is 9.84 Å². The number of nitrogens with zero attached hydrogens (tertiary/aromatic N) is 1. The van der Waals surface area contributed by atoms with E-state index in [0.717, 1.165) is 5.56 Å². The van der Waals surface area contributed by atoms with Crippen molar-refractivity contribution in [2.24, 2.45) is 0 Å². The first-order valence-corrected chi connectivity index (χ1v) is 7.87. The highest BCUT2D eigenvalue weighted by atomic mass is 35.5. The largest absolute Gasteiger partial charge is 0.299 e. The molecule has 0 N–H and O–H groups in total. The second-order valence-electron chi connectivity index (χ2n) is 4.34. The molecule has 1 aromatic rings. The van der Waals surface area contributed by atoms with Gasteiger partial charge in [0, 0.05) is 23.9 Å². The van der Waals surface area contributed by atoms with Crippen LogP contribution in [0.5, 0.6) is 0 Å². The summed E-state index contributed by atoms with van der Waals surface area (Å²) in [7, 11) is -0.997. The van der Waals surface area contributed by atoms with E-state index in [1.165, 1.54) is 6.26 Å². The smallest absolute Gasteiger partial charge is 0.148 e. The maximum atomic E-state index is 11.1. The van der Waals surface area contributed by atoms with Crippen LogP contribution in [0.2, 0.25) is 5.02 Å². The Kier molecular flexibility index (Phi) is 4.98. The van der Waals surface area contributed by atoms with Crippen molar-refractivity contribution in [2.45, 2.75) is 13.0 Å². The first-order chi connectivity index (χ1) is 7.79. The number of halogens is 1. The first kappa shape index (κ1) is 14.5. The number of sulfone groups is 1. The topological polar surface area (TPSA) is 37.4 Å². The van der Waals surface area contributed by atoms with Crippen LogP contribution in [0, 0.1) is 0 Å². The zero-order valence-corrected chi connectivity index (χ0v) is 11.9. The Morgan fingerprint density at radius 3 is 2.59 bits per heavy atom. The number of rotatable bonds is 5. The van der Waals surface area contributed by atoms with E-state index in [2.05, 4.69) is 0 Å². The van der Waals surface area contributed by atoms with Crippen molar-refractivity contribution in [3.8, 4) is 0 Å². The van der Waals surface area contributed by atoms with Crippen molar-refractivity contribution in [3.63, 3.8) is 0 Å². The second-order valence-corrected chi connectivity index (χ2v) is 7.04. The van der Waals surface area contributed by atoms with E-state index >= 15 is 0 Å². The van der Waals surface area contributed by atoms with E-state index < -0.39 is 9.84 Å². The molecule has 1 rings (SSSR count). The highest BCUT2D eigenvalue weighted by Crippen LogP contribution is 2.21. The van der Waals surface area contributed by atoms with Crippen molar-refractivity contribution >= 4 is 21.4 Å². The number of benzene rings is 1. The first-order valence-electron chi connectivity index (χ1n) is 5.43. The van der Waals surface area contributed by atoms with Gasteiger partial charge in [0.1, 0.15) is 9.84 Å². The lowest BCUT2D eigenvalue weighted by Crippen LogP contribution is -2.28. The maximum absolute atomic E-state index is 11.1. The van der Waals surface area contributed by atoms with Gasteiger partial charge in [0.2, 0.25) is 0 Å². The van der Waals surface area contributed by atoms with Crippen LogP contribution < -0.4 is 0 Å². The van der Waals surface area contributed by atoms with Gasteiger partial charge in [0.25, 0.3) is 0 Å². The molecule has 0 aliphatic heterocycles. The molecule has 0 spiro atoms. The minimum atomic E-state index is -2.91. The van der Waals surface area contributed by atoms with Gasteiger partial charge in [-0.1, -0.05) is 23.7 Å². The predicted molar refractivity (Wildman–Crippen MR) is 72.2 cm³/mol. The van der Waals surface area contributed by atoms with Crippen molar-refractivity contribution in [2.75, 3.05) is 25.6 Å². The second kappa shape index (κ2) is 5.85. The third-order valence-electron chi connectivity index (χ3n) is 2.81. The molecule has 0 aliphatic carbocycles. The molecule has 1 unspecified atom stereocenters. The molecule has 0 saturated carbocycles. The van der Waals surface area contributed by atoms with E-state index in [-0.39, 0.29) is 11.8 Å². The van der Waals surface area contributed by atoms with Gasteiger partial charge in [-0.05, 0) is 31.7 Å². The fourth-order valence-electron chi connectivity index (χ4n) is 1.52. The standard InChI is InChI=1S/C12H18ClNO2S/c1-10(11-5-4-6-12(13)9-11)14(2)7-8-17(3,15)16/h4-6,9-10H,7-8H2,1-3H3. The van der Waals surface area contributed by atoms with Crippen molar-refractivity contribution < 1.29 is 8.42 Å². The van der Waals surface area contributed by atoms with Gasteiger partial charge < -0.3 is 0 Å². The molecule has 0 fully saturated rings. The summed E-state index contributed by atoms with van der Waals surface area (Å²) in [6, 6.07) is 7.78. The summed E-state index contributed by atoms with van der Waals surface area (Å²) in [4.78, 5) is 2.01. The fourth-order valence-corrected chi connectivity index (χ4v) is 2.34. The molecule has 0 bridgehead atoms. The number of hydrogen-bond donors (Lipinski definition) is 0. The van der Waals surface area contributed by atoms with Crippen LogP contribution in [-0.4, -0.2) is 38.9 Å². The molecule has 0 amide bonds.